The topological polar surface area (TPSA) is 88.8 Å². The Kier molecular flexibility index (Phi) is 6.51. The Morgan fingerprint density at radius 3 is 2.34 bits per heavy atom. The molecule has 4 rings (SSSR count). The summed E-state index contributed by atoms with van der Waals surface area (Å²) in [6.07, 6.45) is -0.482. The molecular weight excluding hydrogens is 406 g/mol. The maximum atomic E-state index is 12.3. The average Bonchev–Trinajstić information content (AvgIpc) is 3.21. The third-order valence-electron chi connectivity index (χ3n) is 5.09. The fraction of sp³-hybridized carbons (Fsp3) is 0.154. The molecule has 6 heteroatoms. The number of carbonyl (C=O) groups is 2. The van der Waals surface area contributed by atoms with Crippen molar-refractivity contribution in [2.45, 2.75) is 25.5 Å². The molecule has 4 aromatic rings. The van der Waals surface area contributed by atoms with Crippen molar-refractivity contribution in [2.24, 2.45) is 0 Å². The van der Waals surface area contributed by atoms with Crippen LogP contribution in [0.5, 0.6) is 0 Å². The number of furan rings is 1. The van der Waals surface area contributed by atoms with Crippen LogP contribution in [0.2, 0.25) is 0 Å². The number of nitrogens with one attached hydrogen (secondary N) is 1. The van der Waals surface area contributed by atoms with Gasteiger partial charge < -0.3 is 19.6 Å². The molecule has 162 valence electrons. The number of hydrogen-bond acceptors (Lipinski definition) is 4. The van der Waals surface area contributed by atoms with Crippen LogP contribution in [0.3, 0.4) is 0 Å². The number of hydrogen-bond donors (Lipinski definition) is 2. The summed E-state index contributed by atoms with van der Waals surface area (Å²) < 4.78 is 11.1. The van der Waals surface area contributed by atoms with Crippen LogP contribution < -0.4 is 5.32 Å². The lowest BCUT2D eigenvalue weighted by Crippen LogP contribution is -2.38. The van der Waals surface area contributed by atoms with Crippen LogP contribution in [-0.2, 0) is 22.6 Å². The van der Waals surface area contributed by atoms with Crippen molar-refractivity contribution in [2.75, 3.05) is 0 Å². The number of amides is 1. The second kappa shape index (κ2) is 9.83. The molecule has 0 radical (unpaired) electrons. The van der Waals surface area contributed by atoms with Crippen LogP contribution >= 0.6 is 0 Å². The summed E-state index contributed by atoms with van der Waals surface area (Å²) >= 11 is 0. The smallest absolute Gasteiger partial charge is 0.407 e. The van der Waals surface area contributed by atoms with Gasteiger partial charge in [0, 0.05) is 11.4 Å². The van der Waals surface area contributed by atoms with Crippen molar-refractivity contribution in [3.8, 4) is 11.1 Å². The molecule has 1 unspecified atom stereocenters. The fourth-order valence-corrected chi connectivity index (χ4v) is 3.61. The highest BCUT2D eigenvalue weighted by Crippen LogP contribution is 2.27. The van der Waals surface area contributed by atoms with Gasteiger partial charge in [0.2, 0.25) is 0 Å². The maximum Gasteiger partial charge on any atom is 0.407 e. The first-order valence-corrected chi connectivity index (χ1v) is 10.3. The minimum absolute atomic E-state index is 0.0493. The molecule has 32 heavy (non-hydrogen) atoms. The number of carboxylic acids is 1. The van der Waals surface area contributed by atoms with Gasteiger partial charge >= 0.3 is 12.1 Å². The van der Waals surface area contributed by atoms with Crippen LogP contribution in [0.1, 0.15) is 17.7 Å². The number of carbonyl (C=O) groups excluding carboxylic acids is 1. The molecule has 0 fully saturated rings. The molecule has 0 bridgehead atoms. The maximum absolute atomic E-state index is 12.3. The predicted molar refractivity (Wildman–Crippen MR) is 121 cm³/mol. The average molecular weight is 429 g/mol. The molecule has 6 nitrogen and oxygen atoms in total. The van der Waals surface area contributed by atoms with Crippen LogP contribution in [0.25, 0.3) is 22.1 Å². The SMILES string of the molecule is O=C(O)CC(Cc1ccccc1)NC(=O)OCc1cc2cc(-c3ccccc3)ccc2o1. The summed E-state index contributed by atoms with van der Waals surface area (Å²) in [7, 11) is 0. The van der Waals surface area contributed by atoms with E-state index in [2.05, 4.69) is 5.32 Å². The van der Waals surface area contributed by atoms with E-state index in [0.29, 0.717) is 17.8 Å². The third-order valence-corrected chi connectivity index (χ3v) is 5.09. The summed E-state index contributed by atoms with van der Waals surface area (Å²) in [4.78, 5) is 23.5. The second-order valence-corrected chi connectivity index (χ2v) is 7.54. The Labute approximate surface area is 185 Å². The van der Waals surface area contributed by atoms with Crippen LogP contribution in [0.4, 0.5) is 4.79 Å². The molecule has 0 aliphatic heterocycles. The lowest BCUT2D eigenvalue weighted by Gasteiger charge is -2.16. The molecule has 0 aliphatic carbocycles. The lowest BCUT2D eigenvalue weighted by molar-refractivity contribution is -0.137. The molecular formula is C26H23NO5. The highest BCUT2D eigenvalue weighted by Gasteiger charge is 2.18. The number of alkyl carbamates (subject to hydrolysis) is 1. The van der Waals surface area contributed by atoms with Gasteiger partial charge in [0.15, 0.2) is 6.61 Å². The largest absolute Gasteiger partial charge is 0.481 e. The number of benzene rings is 3. The van der Waals surface area contributed by atoms with Gasteiger partial charge in [-0.15, -0.1) is 0 Å². The first kappa shape index (κ1) is 21.2. The summed E-state index contributed by atoms with van der Waals surface area (Å²) in [6.45, 7) is -0.0493. The normalized spacial score (nSPS) is 11.8. The lowest BCUT2D eigenvalue weighted by atomic mass is 10.0. The summed E-state index contributed by atoms with van der Waals surface area (Å²) in [5, 5.41) is 12.7. The summed E-state index contributed by atoms with van der Waals surface area (Å²) in [5.74, 6) is -0.476. The minimum Gasteiger partial charge on any atom is -0.481 e. The van der Waals surface area contributed by atoms with Crippen LogP contribution in [0.15, 0.2) is 89.3 Å². The van der Waals surface area contributed by atoms with Crippen molar-refractivity contribution in [1.29, 1.82) is 0 Å². The monoisotopic (exact) mass is 429 g/mol. The van der Waals surface area contributed by atoms with Crippen molar-refractivity contribution in [3.63, 3.8) is 0 Å². The Balaban J connectivity index is 1.38. The molecule has 0 spiro atoms. The fourth-order valence-electron chi connectivity index (χ4n) is 3.61. The summed E-state index contributed by atoms with van der Waals surface area (Å²) in [6, 6.07) is 26.6. The van der Waals surface area contributed by atoms with E-state index >= 15 is 0 Å². The molecule has 2 N–H and O–H groups in total. The quantitative estimate of drug-likeness (QED) is 0.391. The Morgan fingerprint density at radius 1 is 0.906 bits per heavy atom. The molecule has 0 saturated heterocycles. The van der Waals surface area contributed by atoms with Crippen LogP contribution in [0, 0.1) is 0 Å². The van der Waals surface area contributed by atoms with E-state index < -0.39 is 18.1 Å². The van der Waals surface area contributed by atoms with Crippen molar-refractivity contribution in [3.05, 3.63) is 96.3 Å². The van der Waals surface area contributed by atoms with E-state index in [-0.39, 0.29) is 13.0 Å². The van der Waals surface area contributed by atoms with Gasteiger partial charge in [-0.25, -0.2) is 4.79 Å². The number of rotatable bonds is 8. The molecule has 3 aromatic carbocycles. The van der Waals surface area contributed by atoms with Gasteiger partial charge in [-0.1, -0.05) is 66.7 Å². The van der Waals surface area contributed by atoms with Gasteiger partial charge in [-0.2, -0.15) is 0 Å². The Hall–Kier alpha value is -4.06. The zero-order chi connectivity index (χ0) is 22.3. The summed E-state index contributed by atoms with van der Waals surface area (Å²) in [5.41, 5.74) is 3.82. The minimum atomic E-state index is -0.988. The number of carboxylic acid groups (broad SMARTS) is 1. The van der Waals surface area contributed by atoms with E-state index in [4.69, 9.17) is 14.3 Å². The molecule has 0 aliphatic rings. The Morgan fingerprint density at radius 2 is 1.62 bits per heavy atom. The van der Waals surface area contributed by atoms with Gasteiger partial charge in [0.25, 0.3) is 0 Å². The molecule has 1 heterocycles. The molecule has 0 saturated carbocycles. The van der Waals surface area contributed by atoms with E-state index in [1.807, 2.05) is 84.9 Å². The highest BCUT2D eigenvalue weighted by atomic mass is 16.6. The number of fused-ring (bicyclic) bond motifs is 1. The van der Waals surface area contributed by atoms with Gasteiger partial charge in [-0.05, 0) is 41.3 Å². The highest BCUT2D eigenvalue weighted by molar-refractivity contribution is 5.84. The van der Waals surface area contributed by atoms with Gasteiger partial charge in [0.1, 0.15) is 11.3 Å². The van der Waals surface area contributed by atoms with Gasteiger partial charge in [0.05, 0.1) is 6.42 Å². The number of ether oxygens (including phenoxy) is 1. The standard InChI is InChI=1S/C26H23NO5/c28-25(29)16-22(13-18-7-3-1-4-8-18)27-26(30)31-17-23-15-21-14-20(11-12-24(21)32-23)19-9-5-2-6-10-19/h1-12,14-15,22H,13,16-17H2,(H,27,30)(H,28,29). The van der Waals surface area contributed by atoms with E-state index in [9.17, 15) is 9.59 Å². The van der Waals surface area contributed by atoms with E-state index in [0.717, 1.165) is 22.1 Å². The zero-order valence-corrected chi connectivity index (χ0v) is 17.4. The zero-order valence-electron chi connectivity index (χ0n) is 17.4. The third kappa shape index (κ3) is 5.55. The number of aliphatic carboxylic acids is 1. The van der Waals surface area contributed by atoms with Gasteiger partial charge in [-0.3, -0.25) is 4.79 Å². The molecule has 1 amide bonds. The molecule has 1 aromatic heterocycles. The van der Waals surface area contributed by atoms with E-state index in [1.54, 1.807) is 0 Å². The first-order valence-electron chi connectivity index (χ1n) is 10.3. The predicted octanol–water partition coefficient (Wildman–Crippen LogP) is 5.41. The van der Waals surface area contributed by atoms with Crippen LogP contribution in [-0.4, -0.2) is 23.2 Å². The Bertz CT molecular complexity index is 1200. The van der Waals surface area contributed by atoms with Crippen molar-refractivity contribution >= 4 is 23.0 Å². The van der Waals surface area contributed by atoms with Crippen molar-refractivity contribution < 1.29 is 23.8 Å². The molecule has 1 atom stereocenters. The van der Waals surface area contributed by atoms with E-state index in [1.165, 1.54) is 0 Å². The first-order chi connectivity index (χ1) is 15.6. The second-order valence-electron chi connectivity index (χ2n) is 7.54. The van der Waals surface area contributed by atoms with Crippen molar-refractivity contribution in [1.82, 2.24) is 5.32 Å².